The van der Waals surface area contributed by atoms with E-state index in [0.29, 0.717) is 16.1 Å². The van der Waals surface area contributed by atoms with E-state index < -0.39 is 24.5 Å². The Morgan fingerprint density at radius 1 is 1.35 bits per heavy atom. The van der Waals surface area contributed by atoms with Crippen LogP contribution >= 0.6 is 11.9 Å². The van der Waals surface area contributed by atoms with Gasteiger partial charge in [0, 0.05) is 6.20 Å². The van der Waals surface area contributed by atoms with Crippen molar-refractivity contribution >= 4 is 23.0 Å². The molecule has 0 saturated carbocycles. The van der Waals surface area contributed by atoms with E-state index in [9.17, 15) is 10.2 Å². The van der Waals surface area contributed by atoms with Gasteiger partial charge in [-0.25, -0.2) is 14.6 Å². The molecule has 9 nitrogen and oxygen atoms in total. The molecule has 5 N–H and O–H groups in total. The van der Waals surface area contributed by atoms with Crippen molar-refractivity contribution < 1.29 is 20.1 Å². The van der Waals surface area contributed by atoms with Gasteiger partial charge in [-0.1, -0.05) is 0 Å². The fourth-order valence-electron chi connectivity index (χ4n) is 2.16. The zero-order chi connectivity index (χ0) is 14.3. The highest BCUT2D eigenvalue weighted by atomic mass is 32.2. The summed E-state index contributed by atoms with van der Waals surface area (Å²) in [7, 11) is 0. The summed E-state index contributed by atoms with van der Waals surface area (Å²) in [5, 5.41) is 39.6. The predicted octanol–water partition coefficient (Wildman–Crippen LogP) is -1.60. The molecule has 20 heavy (non-hydrogen) atoms. The van der Waals surface area contributed by atoms with Crippen molar-refractivity contribution in [2.75, 3.05) is 6.61 Å². The van der Waals surface area contributed by atoms with Gasteiger partial charge in [-0.2, -0.15) is 0 Å². The molecule has 0 aliphatic carbocycles. The topological polar surface area (TPSA) is 140 Å². The van der Waals surface area contributed by atoms with E-state index in [0.717, 1.165) is 11.9 Å². The third kappa shape index (κ3) is 2.06. The Morgan fingerprint density at radius 2 is 2.15 bits per heavy atom. The third-order valence-corrected chi connectivity index (χ3v) is 3.74. The van der Waals surface area contributed by atoms with E-state index in [-0.39, 0.29) is 6.61 Å². The normalized spacial score (nSPS) is 30.2. The van der Waals surface area contributed by atoms with Crippen LogP contribution in [0.2, 0.25) is 0 Å². The number of aliphatic hydroxyl groups excluding tert-OH is 3. The highest BCUT2D eigenvalue weighted by Gasteiger charge is 2.43. The number of ether oxygens (including phenoxy) is 1. The van der Waals surface area contributed by atoms with Crippen LogP contribution in [0.15, 0.2) is 17.6 Å². The molecule has 2 aromatic rings. The van der Waals surface area contributed by atoms with Gasteiger partial charge in [0.1, 0.15) is 29.7 Å². The van der Waals surface area contributed by atoms with E-state index in [2.05, 4.69) is 15.1 Å². The summed E-state index contributed by atoms with van der Waals surface area (Å²) >= 11 is 0.963. The third-order valence-electron chi connectivity index (χ3n) is 3.19. The van der Waals surface area contributed by atoms with Crippen molar-refractivity contribution in [2.24, 2.45) is 5.14 Å². The van der Waals surface area contributed by atoms with Gasteiger partial charge >= 0.3 is 0 Å². The van der Waals surface area contributed by atoms with Crippen LogP contribution in [0.3, 0.4) is 0 Å². The maximum absolute atomic E-state index is 9.95. The van der Waals surface area contributed by atoms with Crippen molar-refractivity contribution in [1.29, 1.82) is 0 Å². The number of rotatable bonds is 3. The lowest BCUT2D eigenvalue weighted by molar-refractivity contribution is -0.0583. The Bertz CT molecular complexity index is 623. The van der Waals surface area contributed by atoms with Crippen molar-refractivity contribution in [3.8, 4) is 0 Å². The molecule has 2 aromatic heterocycles. The molecule has 0 bridgehead atoms. The van der Waals surface area contributed by atoms with Crippen molar-refractivity contribution in [2.45, 2.75) is 29.6 Å². The Kier molecular flexibility index (Phi) is 3.58. The smallest absolute Gasteiger partial charge is 0.185 e. The molecule has 0 aromatic carbocycles. The van der Waals surface area contributed by atoms with Crippen LogP contribution in [0.4, 0.5) is 0 Å². The molecule has 4 atom stereocenters. The monoisotopic (exact) mass is 299 g/mol. The minimum atomic E-state index is -1.19. The number of fused-ring (bicyclic) bond motifs is 1. The van der Waals surface area contributed by atoms with Gasteiger partial charge in [-0.15, -0.1) is 5.10 Å². The molecule has 0 spiro atoms. The Labute approximate surface area is 117 Å². The largest absolute Gasteiger partial charge is 0.394 e. The molecule has 1 aliphatic heterocycles. The second kappa shape index (κ2) is 5.24. The van der Waals surface area contributed by atoms with Crippen LogP contribution in [0.5, 0.6) is 0 Å². The van der Waals surface area contributed by atoms with Gasteiger partial charge in [-0.3, -0.25) is 5.14 Å². The molecule has 1 aliphatic rings. The van der Waals surface area contributed by atoms with Crippen molar-refractivity contribution in [3.05, 3.63) is 12.5 Å². The Morgan fingerprint density at radius 3 is 2.80 bits per heavy atom. The summed E-state index contributed by atoms with van der Waals surface area (Å²) in [6.07, 6.45) is -1.18. The van der Waals surface area contributed by atoms with E-state index in [4.69, 9.17) is 15.0 Å². The fraction of sp³-hybridized carbons (Fsp3) is 0.500. The SMILES string of the molecule is NSc1ncnc2nn(C3O[C@H](CO)[C@@H](O)[C@H]3O)cc12. The second-order valence-electron chi connectivity index (χ2n) is 4.37. The zero-order valence-corrected chi connectivity index (χ0v) is 11.0. The lowest BCUT2D eigenvalue weighted by atomic mass is 10.1. The summed E-state index contributed by atoms with van der Waals surface area (Å²) in [4.78, 5) is 8.02. The number of aliphatic hydroxyl groups is 3. The van der Waals surface area contributed by atoms with E-state index >= 15 is 0 Å². The Hall–Kier alpha value is -1.30. The fourth-order valence-corrected chi connectivity index (χ4v) is 2.54. The van der Waals surface area contributed by atoms with E-state index in [1.54, 1.807) is 6.20 Å². The predicted molar refractivity (Wildman–Crippen MR) is 68.4 cm³/mol. The molecule has 10 heteroatoms. The van der Waals surface area contributed by atoms with Gasteiger partial charge in [0.25, 0.3) is 0 Å². The highest BCUT2D eigenvalue weighted by Crippen LogP contribution is 2.30. The molecule has 0 radical (unpaired) electrons. The first-order valence-corrected chi connectivity index (χ1v) is 6.72. The minimum Gasteiger partial charge on any atom is -0.394 e. The lowest BCUT2D eigenvalue weighted by Gasteiger charge is -2.14. The second-order valence-corrected chi connectivity index (χ2v) is 4.99. The van der Waals surface area contributed by atoms with Gasteiger partial charge in [-0.05, 0) is 11.9 Å². The first-order chi connectivity index (χ1) is 9.65. The van der Waals surface area contributed by atoms with Gasteiger partial charge in [0.15, 0.2) is 11.9 Å². The summed E-state index contributed by atoms with van der Waals surface area (Å²) in [6.45, 7) is -0.390. The number of hydrogen-bond donors (Lipinski definition) is 4. The number of nitrogens with zero attached hydrogens (tertiary/aromatic N) is 4. The first kappa shape index (κ1) is 13.7. The van der Waals surface area contributed by atoms with Crippen LogP contribution in [-0.4, -0.2) is 60.0 Å². The maximum Gasteiger partial charge on any atom is 0.185 e. The standard InChI is InChI=1S/C10H13N5O4S/c11-20-9-4-1-15(14-8(4)12-3-13-9)10-7(18)6(17)5(2-16)19-10/h1,3,5-7,10,16-18H,2,11H2/t5-,6-,7-,10?/m1/s1. The summed E-state index contributed by atoms with van der Waals surface area (Å²) < 4.78 is 6.74. The average molecular weight is 299 g/mol. The molecule has 108 valence electrons. The molecule has 1 saturated heterocycles. The molecular formula is C10H13N5O4S. The number of nitrogens with two attached hydrogens (primary N) is 1. The van der Waals surface area contributed by atoms with E-state index in [1.165, 1.54) is 11.0 Å². The zero-order valence-electron chi connectivity index (χ0n) is 10.2. The molecule has 3 heterocycles. The average Bonchev–Trinajstić information content (AvgIpc) is 3.01. The highest BCUT2D eigenvalue weighted by molar-refractivity contribution is 7.97. The van der Waals surface area contributed by atoms with Crippen LogP contribution in [0.1, 0.15) is 6.23 Å². The van der Waals surface area contributed by atoms with Crippen molar-refractivity contribution in [3.63, 3.8) is 0 Å². The van der Waals surface area contributed by atoms with Crippen LogP contribution in [-0.2, 0) is 4.74 Å². The molecule has 0 amide bonds. The lowest BCUT2D eigenvalue weighted by Crippen LogP contribution is -2.33. The first-order valence-electron chi connectivity index (χ1n) is 5.84. The number of hydrogen-bond acceptors (Lipinski definition) is 9. The summed E-state index contributed by atoms with van der Waals surface area (Å²) in [6, 6.07) is 0. The minimum absolute atomic E-state index is 0.390. The Balaban J connectivity index is 1.99. The number of aromatic nitrogens is 4. The molecule has 3 rings (SSSR count). The summed E-state index contributed by atoms with van der Waals surface area (Å²) in [5.41, 5.74) is 0.408. The van der Waals surface area contributed by atoms with Gasteiger partial charge in [0.05, 0.1) is 12.0 Å². The van der Waals surface area contributed by atoms with Gasteiger partial charge in [0.2, 0.25) is 0 Å². The van der Waals surface area contributed by atoms with Crippen molar-refractivity contribution in [1.82, 2.24) is 19.7 Å². The van der Waals surface area contributed by atoms with Crippen LogP contribution in [0.25, 0.3) is 11.0 Å². The van der Waals surface area contributed by atoms with Crippen LogP contribution < -0.4 is 5.14 Å². The van der Waals surface area contributed by atoms with Gasteiger partial charge < -0.3 is 20.1 Å². The van der Waals surface area contributed by atoms with E-state index in [1.807, 2.05) is 0 Å². The molecule has 1 unspecified atom stereocenters. The van der Waals surface area contributed by atoms with Crippen LogP contribution in [0, 0.1) is 0 Å². The summed E-state index contributed by atoms with van der Waals surface area (Å²) in [5.74, 6) is 0. The maximum atomic E-state index is 9.95. The molecular weight excluding hydrogens is 286 g/mol. The quantitative estimate of drug-likeness (QED) is 0.390. The molecule has 1 fully saturated rings.